The van der Waals surface area contributed by atoms with Crippen molar-refractivity contribution in [3.63, 3.8) is 0 Å². The zero-order chi connectivity index (χ0) is 9.61. The molecule has 0 saturated carbocycles. The summed E-state index contributed by atoms with van der Waals surface area (Å²) in [6.45, 7) is 8.00. The van der Waals surface area contributed by atoms with Crippen molar-refractivity contribution in [2.24, 2.45) is 0 Å². The molecule has 0 aliphatic heterocycles. The van der Waals surface area contributed by atoms with Crippen LogP contribution >= 0.6 is 0 Å². The molecule has 12 heavy (non-hydrogen) atoms. The Morgan fingerprint density at radius 1 is 1.25 bits per heavy atom. The van der Waals surface area contributed by atoms with Crippen LogP contribution in [-0.2, 0) is 9.53 Å². The topological polar surface area (TPSA) is 26.3 Å². The van der Waals surface area contributed by atoms with Gasteiger partial charge in [0.05, 0.1) is 0 Å². The molecular weight excluding hydrogens is 152 g/mol. The van der Waals surface area contributed by atoms with E-state index in [1.807, 2.05) is 20.8 Å². The summed E-state index contributed by atoms with van der Waals surface area (Å²) in [4.78, 5) is 11.1. The molecule has 0 aromatic carbocycles. The third kappa shape index (κ3) is 5.16. The molecule has 0 saturated heterocycles. The normalized spacial score (nSPS) is 11.3. The number of ether oxygens (including phenoxy) is 1. The van der Waals surface area contributed by atoms with Gasteiger partial charge in [0, 0.05) is 6.42 Å². The summed E-state index contributed by atoms with van der Waals surface area (Å²) >= 11 is 0. The molecular formula is C10H20O2. The van der Waals surface area contributed by atoms with E-state index in [0.29, 0.717) is 6.42 Å². The van der Waals surface area contributed by atoms with Crippen molar-refractivity contribution >= 4 is 5.97 Å². The fourth-order valence-corrected chi connectivity index (χ4v) is 1.22. The first kappa shape index (κ1) is 11.5. The van der Waals surface area contributed by atoms with Crippen molar-refractivity contribution in [3.8, 4) is 0 Å². The molecule has 0 bridgehead atoms. The Labute approximate surface area is 75.3 Å². The van der Waals surface area contributed by atoms with Gasteiger partial charge < -0.3 is 4.74 Å². The van der Waals surface area contributed by atoms with Crippen molar-refractivity contribution in [1.82, 2.24) is 0 Å². The van der Waals surface area contributed by atoms with E-state index in [1.165, 1.54) is 0 Å². The average Bonchev–Trinajstić information content (AvgIpc) is 1.85. The second kappa shape index (κ2) is 5.18. The van der Waals surface area contributed by atoms with Crippen LogP contribution in [0.5, 0.6) is 0 Å². The van der Waals surface area contributed by atoms with E-state index in [0.717, 1.165) is 19.3 Å². The van der Waals surface area contributed by atoms with Crippen molar-refractivity contribution in [1.29, 1.82) is 0 Å². The highest BCUT2D eigenvalue weighted by molar-refractivity contribution is 5.69. The molecule has 2 nitrogen and oxygen atoms in total. The Kier molecular flexibility index (Phi) is 4.95. The van der Waals surface area contributed by atoms with Gasteiger partial charge in [-0.1, -0.05) is 20.3 Å². The van der Waals surface area contributed by atoms with Gasteiger partial charge in [0.25, 0.3) is 0 Å². The van der Waals surface area contributed by atoms with Crippen LogP contribution in [0.1, 0.15) is 53.4 Å². The molecule has 0 fully saturated rings. The van der Waals surface area contributed by atoms with Crippen molar-refractivity contribution < 1.29 is 9.53 Å². The molecule has 2 heteroatoms. The molecule has 0 spiro atoms. The molecule has 0 unspecified atom stereocenters. The monoisotopic (exact) mass is 172 g/mol. The fourth-order valence-electron chi connectivity index (χ4n) is 1.22. The smallest absolute Gasteiger partial charge is 0.306 e. The van der Waals surface area contributed by atoms with Gasteiger partial charge in [-0.2, -0.15) is 0 Å². The largest absolute Gasteiger partial charge is 0.460 e. The van der Waals surface area contributed by atoms with Gasteiger partial charge in [-0.25, -0.2) is 0 Å². The van der Waals surface area contributed by atoms with E-state index in [1.54, 1.807) is 0 Å². The summed E-state index contributed by atoms with van der Waals surface area (Å²) in [6.07, 6.45) is 3.38. The van der Waals surface area contributed by atoms with E-state index >= 15 is 0 Å². The summed E-state index contributed by atoms with van der Waals surface area (Å²) in [7, 11) is 0. The van der Waals surface area contributed by atoms with E-state index in [4.69, 9.17) is 4.74 Å². The molecule has 0 radical (unpaired) electrons. The lowest BCUT2D eigenvalue weighted by atomic mass is 10.0. The second-order valence-electron chi connectivity index (χ2n) is 3.73. The number of hydrogen-bond acceptors (Lipinski definition) is 2. The zero-order valence-corrected chi connectivity index (χ0v) is 8.64. The van der Waals surface area contributed by atoms with Crippen LogP contribution in [0.25, 0.3) is 0 Å². The summed E-state index contributed by atoms with van der Waals surface area (Å²) in [5.74, 6) is -0.0732. The van der Waals surface area contributed by atoms with Gasteiger partial charge >= 0.3 is 5.97 Å². The molecule has 72 valence electrons. The maximum Gasteiger partial charge on any atom is 0.306 e. The first-order chi connectivity index (χ1) is 5.52. The molecule has 0 amide bonds. The minimum Gasteiger partial charge on any atom is -0.460 e. The minimum absolute atomic E-state index is 0.0732. The molecule has 0 N–H and O–H groups in total. The standard InChI is InChI=1S/C10H20O2/c1-5-7-9(11)12-10(3,4)8-6-2/h5-8H2,1-4H3. The van der Waals surface area contributed by atoms with Crippen molar-refractivity contribution in [2.75, 3.05) is 0 Å². The summed E-state index contributed by atoms with van der Waals surface area (Å²) in [5.41, 5.74) is -0.277. The third-order valence-electron chi connectivity index (χ3n) is 1.70. The highest BCUT2D eigenvalue weighted by Gasteiger charge is 2.20. The molecule has 0 atom stereocenters. The highest BCUT2D eigenvalue weighted by Crippen LogP contribution is 2.17. The quantitative estimate of drug-likeness (QED) is 0.596. The number of esters is 1. The third-order valence-corrected chi connectivity index (χ3v) is 1.70. The molecule has 0 heterocycles. The summed E-state index contributed by atoms with van der Waals surface area (Å²) in [5, 5.41) is 0. The maximum absolute atomic E-state index is 11.1. The Bertz CT molecular complexity index is 139. The Morgan fingerprint density at radius 3 is 2.25 bits per heavy atom. The Balaban J connectivity index is 3.79. The fraction of sp³-hybridized carbons (Fsp3) is 0.900. The Morgan fingerprint density at radius 2 is 1.83 bits per heavy atom. The van der Waals surface area contributed by atoms with Crippen LogP contribution in [0.2, 0.25) is 0 Å². The zero-order valence-electron chi connectivity index (χ0n) is 8.64. The maximum atomic E-state index is 11.1. The van der Waals surface area contributed by atoms with Crippen LogP contribution in [0, 0.1) is 0 Å². The molecule has 0 aromatic rings. The van der Waals surface area contributed by atoms with E-state index in [-0.39, 0.29) is 11.6 Å². The van der Waals surface area contributed by atoms with Crippen LogP contribution in [0.4, 0.5) is 0 Å². The lowest BCUT2D eigenvalue weighted by molar-refractivity contribution is -0.157. The SMILES string of the molecule is CCCC(=O)OC(C)(C)CCC. The van der Waals surface area contributed by atoms with Gasteiger partial charge in [-0.3, -0.25) is 4.79 Å². The van der Waals surface area contributed by atoms with Crippen LogP contribution in [0.3, 0.4) is 0 Å². The van der Waals surface area contributed by atoms with Crippen molar-refractivity contribution in [3.05, 3.63) is 0 Å². The van der Waals surface area contributed by atoms with Crippen molar-refractivity contribution in [2.45, 2.75) is 59.0 Å². The summed E-state index contributed by atoms with van der Waals surface area (Å²) in [6, 6.07) is 0. The van der Waals surface area contributed by atoms with Gasteiger partial charge in [0.2, 0.25) is 0 Å². The molecule has 0 aromatic heterocycles. The first-order valence-electron chi connectivity index (χ1n) is 4.73. The minimum atomic E-state index is -0.277. The van der Waals surface area contributed by atoms with E-state index < -0.39 is 0 Å². The predicted molar refractivity (Wildman–Crippen MR) is 50.0 cm³/mol. The summed E-state index contributed by atoms with van der Waals surface area (Å²) < 4.78 is 5.28. The number of carbonyl (C=O) groups excluding carboxylic acids is 1. The van der Waals surface area contributed by atoms with Crippen LogP contribution < -0.4 is 0 Å². The van der Waals surface area contributed by atoms with Gasteiger partial charge in [0.1, 0.15) is 5.60 Å². The Hall–Kier alpha value is -0.530. The number of hydrogen-bond donors (Lipinski definition) is 0. The molecule has 0 aliphatic rings. The van der Waals surface area contributed by atoms with E-state index in [2.05, 4.69) is 6.92 Å². The number of rotatable bonds is 5. The molecule has 0 aliphatic carbocycles. The van der Waals surface area contributed by atoms with Gasteiger partial charge in [-0.15, -0.1) is 0 Å². The average molecular weight is 172 g/mol. The van der Waals surface area contributed by atoms with Gasteiger partial charge in [0.15, 0.2) is 0 Å². The molecule has 0 rings (SSSR count). The van der Waals surface area contributed by atoms with Crippen LogP contribution in [-0.4, -0.2) is 11.6 Å². The van der Waals surface area contributed by atoms with Gasteiger partial charge in [-0.05, 0) is 26.7 Å². The highest BCUT2D eigenvalue weighted by atomic mass is 16.6. The van der Waals surface area contributed by atoms with Crippen LogP contribution in [0.15, 0.2) is 0 Å². The predicted octanol–water partition coefficient (Wildman–Crippen LogP) is 2.91. The van der Waals surface area contributed by atoms with E-state index in [9.17, 15) is 4.79 Å². The lowest BCUT2D eigenvalue weighted by Gasteiger charge is -2.24. The first-order valence-corrected chi connectivity index (χ1v) is 4.73. The number of carbonyl (C=O) groups is 1. The lowest BCUT2D eigenvalue weighted by Crippen LogP contribution is -2.27. The second-order valence-corrected chi connectivity index (χ2v) is 3.73.